The summed E-state index contributed by atoms with van der Waals surface area (Å²) in [4.78, 5) is 40.0. The molecule has 0 radical (unpaired) electrons. The number of carboxylic acids is 2. The number of aliphatic carboxylic acids is 2. The van der Waals surface area contributed by atoms with Crippen LogP contribution in [0, 0.1) is 0 Å². The second-order valence-electron chi connectivity index (χ2n) is 10.8. The first-order valence-corrected chi connectivity index (χ1v) is 14.4. The van der Waals surface area contributed by atoms with E-state index in [2.05, 4.69) is 64.1 Å². The lowest BCUT2D eigenvalue weighted by Crippen LogP contribution is -2.34. The van der Waals surface area contributed by atoms with Crippen LogP contribution in [0.1, 0.15) is 38.7 Å². The summed E-state index contributed by atoms with van der Waals surface area (Å²) in [5.41, 5.74) is 4.88. The Morgan fingerprint density at radius 1 is 0.860 bits per heavy atom. The first-order valence-electron chi connectivity index (χ1n) is 14.4. The lowest BCUT2D eigenvalue weighted by Gasteiger charge is -2.33. The van der Waals surface area contributed by atoms with E-state index in [9.17, 15) is 24.6 Å². The van der Waals surface area contributed by atoms with Gasteiger partial charge >= 0.3 is 18.0 Å². The van der Waals surface area contributed by atoms with Crippen LogP contribution >= 0.6 is 0 Å². The summed E-state index contributed by atoms with van der Waals surface area (Å²) in [6.07, 6.45) is 4.00. The number of rotatable bonds is 9. The molecule has 0 bridgehead atoms. The number of carbonyl (C=O) groups is 3. The van der Waals surface area contributed by atoms with E-state index in [-0.39, 0.29) is 23.6 Å². The number of anilines is 2. The molecule has 4 N–H and O–H groups in total. The summed E-state index contributed by atoms with van der Waals surface area (Å²) >= 11 is 0. The van der Waals surface area contributed by atoms with E-state index < -0.39 is 11.9 Å². The van der Waals surface area contributed by atoms with Crippen LogP contribution in [0.25, 0.3) is 16.3 Å². The van der Waals surface area contributed by atoms with E-state index in [1.54, 1.807) is 43.0 Å². The van der Waals surface area contributed by atoms with E-state index in [0.717, 1.165) is 32.5 Å². The third kappa shape index (κ3) is 6.62. The summed E-state index contributed by atoms with van der Waals surface area (Å²) in [5.74, 6) is -2.29. The van der Waals surface area contributed by atoms with Gasteiger partial charge in [-0.1, -0.05) is 48.5 Å². The molecule has 0 spiro atoms. The van der Waals surface area contributed by atoms with Gasteiger partial charge in [-0.05, 0) is 72.9 Å². The zero-order chi connectivity index (χ0) is 30.5. The highest BCUT2D eigenvalue weighted by molar-refractivity contribution is 5.97. The van der Waals surface area contributed by atoms with Crippen molar-refractivity contribution in [1.82, 2.24) is 10.2 Å². The lowest BCUT2D eigenvalue weighted by atomic mass is 9.94. The number of nitrogens with zero attached hydrogens (tertiary/aromatic N) is 2. The second-order valence-corrected chi connectivity index (χ2v) is 10.8. The maximum atomic E-state index is 12.5. The third-order valence-corrected chi connectivity index (χ3v) is 8.16. The van der Waals surface area contributed by atoms with Crippen molar-refractivity contribution in [3.63, 3.8) is 0 Å². The van der Waals surface area contributed by atoms with Crippen molar-refractivity contribution in [3.05, 3.63) is 101 Å². The van der Waals surface area contributed by atoms with E-state index in [1.165, 1.54) is 21.9 Å². The summed E-state index contributed by atoms with van der Waals surface area (Å²) in [6, 6.07) is 21.5. The van der Waals surface area contributed by atoms with Gasteiger partial charge in [0, 0.05) is 55.4 Å². The number of carboxylic acid groups (broad SMARTS) is 2. The Kier molecular flexibility index (Phi) is 8.92. The molecule has 2 amide bonds. The number of carbonyl (C=O) groups excluding carboxylic acids is 1. The Labute approximate surface area is 250 Å². The van der Waals surface area contributed by atoms with Gasteiger partial charge in [-0.2, -0.15) is 0 Å². The van der Waals surface area contributed by atoms with Crippen molar-refractivity contribution in [2.45, 2.75) is 33.1 Å². The SMILES string of the molecule is CC1=C(C(=O)O)CC(C(=O)O)=C(C)N1c1ccc(NC(=O)NCCCN2CC=C(c3cccc4ccccc34)CC2)cc1. The molecule has 2 heterocycles. The van der Waals surface area contributed by atoms with E-state index in [0.29, 0.717) is 29.3 Å². The fourth-order valence-corrected chi connectivity index (χ4v) is 5.84. The first kappa shape index (κ1) is 29.6. The van der Waals surface area contributed by atoms with Gasteiger partial charge in [0.05, 0.1) is 11.1 Å². The Bertz CT molecular complexity index is 1610. The van der Waals surface area contributed by atoms with Crippen molar-refractivity contribution >= 4 is 45.7 Å². The lowest BCUT2D eigenvalue weighted by molar-refractivity contribution is -0.133. The third-order valence-electron chi connectivity index (χ3n) is 8.16. The van der Waals surface area contributed by atoms with Gasteiger partial charge in [-0.3, -0.25) is 4.90 Å². The highest BCUT2D eigenvalue weighted by Gasteiger charge is 2.30. The Balaban J connectivity index is 1.10. The highest BCUT2D eigenvalue weighted by atomic mass is 16.4. The van der Waals surface area contributed by atoms with Crippen LogP contribution in [0.3, 0.4) is 0 Å². The normalized spacial score (nSPS) is 15.9. The van der Waals surface area contributed by atoms with Gasteiger partial charge in [-0.15, -0.1) is 0 Å². The molecule has 0 aliphatic carbocycles. The molecule has 0 aromatic heterocycles. The fraction of sp³-hybridized carbons (Fsp3) is 0.265. The van der Waals surface area contributed by atoms with Gasteiger partial charge in [0.15, 0.2) is 0 Å². The van der Waals surface area contributed by atoms with E-state index >= 15 is 0 Å². The number of hydrogen-bond acceptors (Lipinski definition) is 5. The van der Waals surface area contributed by atoms with Gasteiger partial charge in [0.25, 0.3) is 0 Å². The maximum absolute atomic E-state index is 12.5. The number of urea groups is 1. The predicted octanol–water partition coefficient (Wildman–Crippen LogP) is 6.07. The monoisotopic (exact) mass is 580 g/mol. The van der Waals surface area contributed by atoms with Crippen LogP contribution in [-0.4, -0.2) is 59.3 Å². The largest absolute Gasteiger partial charge is 0.478 e. The molecule has 3 aromatic carbocycles. The minimum Gasteiger partial charge on any atom is -0.478 e. The van der Waals surface area contributed by atoms with Crippen molar-refractivity contribution in [2.75, 3.05) is 36.4 Å². The van der Waals surface area contributed by atoms with Crippen LogP contribution in [-0.2, 0) is 9.59 Å². The minimum absolute atomic E-state index is 0.0374. The molecular formula is C34H36N4O5. The molecule has 3 aromatic rings. The average Bonchev–Trinajstić information content (AvgIpc) is 3.00. The molecule has 0 unspecified atom stereocenters. The summed E-state index contributed by atoms with van der Waals surface area (Å²) in [7, 11) is 0. The Morgan fingerprint density at radius 3 is 2.19 bits per heavy atom. The van der Waals surface area contributed by atoms with Crippen LogP contribution in [0.4, 0.5) is 16.2 Å². The van der Waals surface area contributed by atoms with E-state index in [4.69, 9.17) is 0 Å². The van der Waals surface area contributed by atoms with Gasteiger partial charge < -0.3 is 25.7 Å². The standard InChI is InChI=1S/C34H36N4O5/c1-22-30(32(39)40)21-31(33(41)42)23(2)38(22)27-13-11-26(12-14-27)36-34(43)35-17-6-18-37-19-15-25(16-20-37)29-10-5-8-24-7-3-4-9-28(24)29/h3-5,7-15H,6,16-21H2,1-2H3,(H,39,40)(H,41,42)(H2,35,36,43). The van der Waals surface area contributed by atoms with Crippen molar-refractivity contribution in [3.8, 4) is 0 Å². The molecule has 9 nitrogen and oxygen atoms in total. The van der Waals surface area contributed by atoms with Crippen molar-refractivity contribution < 1.29 is 24.6 Å². The van der Waals surface area contributed by atoms with Crippen LogP contribution < -0.4 is 15.5 Å². The van der Waals surface area contributed by atoms with Gasteiger partial charge in [-0.25, -0.2) is 14.4 Å². The zero-order valence-corrected chi connectivity index (χ0v) is 24.4. The number of amides is 2. The minimum atomic E-state index is -1.15. The molecule has 9 heteroatoms. The number of hydrogen-bond donors (Lipinski definition) is 4. The second kappa shape index (κ2) is 13.0. The number of fused-ring (bicyclic) bond motifs is 1. The predicted molar refractivity (Wildman–Crippen MR) is 169 cm³/mol. The first-order chi connectivity index (χ1) is 20.7. The summed E-state index contributed by atoms with van der Waals surface area (Å²) in [6.45, 7) is 6.62. The molecule has 5 rings (SSSR count). The van der Waals surface area contributed by atoms with Crippen molar-refractivity contribution in [2.24, 2.45) is 0 Å². The van der Waals surface area contributed by atoms with Crippen LogP contribution in [0.5, 0.6) is 0 Å². The maximum Gasteiger partial charge on any atom is 0.333 e. The average molecular weight is 581 g/mol. The van der Waals surface area contributed by atoms with Crippen molar-refractivity contribution in [1.29, 1.82) is 0 Å². The van der Waals surface area contributed by atoms with Crippen LogP contribution in [0.15, 0.2) is 95.3 Å². The molecular weight excluding hydrogens is 544 g/mol. The Morgan fingerprint density at radius 2 is 1.53 bits per heavy atom. The summed E-state index contributed by atoms with van der Waals surface area (Å²) < 4.78 is 0. The van der Waals surface area contributed by atoms with E-state index in [1.807, 2.05) is 0 Å². The number of benzene rings is 3. The summed E-state index contributed by atoms with van der Waals surface area (Å²) in [5, 5.41) is 27.5. The molecule has 0 saturated carbocycles. The highest BCUT2D eigenvalue weighted by Crippen LogP contribution is 2.35. The van der Waals surface area contributed by atoms with Gasteiger partial charge in [0.1, 0.15) is 0 Å². The van der Waals surface area contributed by atoms with Crippen LogP contribution in [0.2, 0.25) is 0 Å². The topological polar surface area (TPSA) is 122 Å². The molecule has 0 saturated heterocycles. The zero-order valence-electron chi connectivity index (χ0n) is 24.4. The quantitative estimate of drug-likeness (QED) is 0.227. The molecule has 2 aliphatic heterocycles. The van der Waals surface area contributed by atoms with Gasteiger partial charge in [0.2, 0.25) is 0 Å². The smallest absolute Gasteiger partial charge is 0.333 e. The molecule has 0 fully saturated rings. The molecule has 0 atom stereocenters. The molecule has 2 aliphatic rings. The molecule has 222 valence electrons. The molecule has 43 heavy (non-hydrogen) atoms. The number of nitrogens with one attached hydrogen (secondary N) is 2. The fourth-order valence-electron chi connectivity index (χ4n) is 5.84. The number of allylic oxidation sites excluding steroid dienone is 2. The Hall–Kier alpha value is -4.89.